The van der Waals surface area contributed by atoms with E-state index in [0.29, 0.717) is 0 Å². The number of carbonyl (C=O) groups is 1. The van der Waals surface area contributed by atoms with Crippen molar-refractivity contribution in [3.63, 3.8) is 0 Å². The van der Waals surface area contributed by atoms with E-state index in [1.165, 1.54) is 0 Å². The maximum absolute atomic E-state index is 10.5. The van der Waals surface area contributed by atoms with Gasteiger partial charge in [0.25, 0.3) is 0 Å². The molecule has 0 radical (unpaired) electrons. The zero-order valence-corrected chi connectivity index (χ0v) is 17.4. The van der Waals surface area contributed by atoms with Crippen LogP contribution >= 0.6 is 0 Å². The number of hydrogen-bond acceptors (Lipinski definition) is 6. The maximum atomic E-state index is 10.5. The predicted octanol–water partition coefficient (Wildman–Crippen LogP) is -3.64. The van der Waals surface area contributed by atoms with Gasteiger partial charge in [-0.25, -0.2) is 4.79 Å². The van der Waals surface area contributed by atoms with Crippen LogP contribution in [0.1, 0.15) is 0 Å². The Morgan fingerprint density at radius 1 is 1.19 bits per heavy atom. The molecule has 0 aliphatic carbocycles. The van der Waals surface area contributed by atoms with Crippen molar-refractivity contribution in [1.29, 1.82) is 0 Å². The first-order chi connectivity index (χ1) is 7.13. The Morgan fingerprint density at radius 2 is 1.50 bits per heavy atom. The summed E-state index contributed by atoms with van der Waals surface area (Å²) in [6.45, 7) is 5.65. The summed E-state index contributed by atoms with van der Waals surface area (Å²) in [4.78, 5) is 23.5. The van der Waals surface area contributed by atoms with E-state index in [0.717, 1.165) is 0 Å². The van der Waals surface area contributed by atoms with Crippen LogP contribution in [0.5, 0.6) is 0 Å². The van der Waals surface area contributed by atoms with Gasteiger partial charge in [0.05, 0.1) is 0 Å². The highest BCUT2D eigenvalue weighted by Gasteiger charge is 2.41. The van der Waals surface area contributed by atoms with E-state index in [-0.39, 0.29) is 31.5 Å². The molecule has 0 fully saturated rings. The lowest BCUT2D eigenvalue weighted by Crippen LogP contribution is -2.46. The zero-order chi connectivity index (χ0) is 13.4. The maximum Gasteiger partial charge on any atom is 0.396 e. The van der Waals surface area contributed by atoms with Gasteiger partial charge in [-0.05, 0) is 19.6 Å². The fourth-order valence-electron chi connectivity index (χ4n) is 0.471. The van der Waals surface area contributed by atoms with Gasteiger partial charge in [0, 0.05) is 0 Å². The Bertz CT molecular complexity index is 195. The van der Waals surface area contributed by atoms with Crippen molar-refractivity contribution in [1.82, 2.24) is 0 Å². The van der Waals surface area contributed by atoms with Crippen LogP contribution in [0, 0.1) is 0 Å². The summed E-state index contributed by atoms with van der Waals surface area (Å²) in [6, 6.07) is 0. The molecule has 0 rings (SSSR count). The van der Waals surface area contributed by atoms with E-state index in [1.807, 2.05) is 19.6 Å². The van der Waals surface area contributed by atoms with Gasteiger partial charge in [0.15, 0.2) is 39.8 Å². The average molecular weight is 305 g/mol. The summed E-state index contributed by atoms with van der Waals surface area (Å²) >= 11 is 0. The topological polar surface area (TPSA) is 94.5 Å². The highest BCUT2D eigenvalue weighted by atomic mass is 28.4. The molecule has 0 bridgehead atoms. The summed E-state index contributed by atoms with van der Waals surface area (Å²) in [5.41, 5.74) is 0. The van der Waals surface area contributed by atoms with E-state index in [4.69, 9.17) is 9.90 Å². The van der Waals surface area contributed by atoms with Crippen molar-refractivity contribution in [3.8, 4) is 0 Å². The molecule has 0 atom stereocenters. The smallest absolute Gasteiger partial charge is 0.396 e. The van der Waals surface area contributed by atoms with Gasteiger partial charge in [0.1, 0.15) is 0 Å². The van der Waals surface area contributed by atoms with Crippen LogP contribution in [0.2, 0.25) is 19.6 Å². The molecule has 2 N–H and O–H groups in total. The third-order valence-electron chi connectivity index (χ3n) is 0.992. The standard InChI is InChI=1S/C3H10OSi.C2H10O6Si3/c1-5(2,3)4;3-1(4)2(6-9,7-10)5-8-11/h4H,1-3H3;9-11H3,(H,3,4). The van der Waals surface area contributed by atoms with E-state index in [1.54, 1.807) is 0 Å². The SMILES string of the molecule is C[Si](C)(C)O.O=C(O)C(O[SiH3])(O[SiH3])OO[SiH3]. The van der Waals surface area contributed by atoms with Gasteiger partial charge >= 0.3 is 11.9 Å². The van der Waals surface area contributed by atoms with Crippen LogP contribution in [0.25, 0.3) is 0 Å². The molecule has 0 spiro atoms. The summed E-state index contributed by atoms with van der Waals surface area (Å²) in [6.07, 6.45) is 0. The molecule has 7 nitrogen and oxygen atoms in total. The zero-order valence-electron chi connectivity index (χ0n) is 10.4. The number of aliphatic carboxylic acids is 1. The number of carboxylic acids is 1. The quantitative estimate of drug-likeness (QED) is 0.234. The molecular formula is C5H20O7Si4. The fraction of sp³-hybridized carbons (Fsp3) is 0.800. The normalized spacial score (nSPS) is 15.2. The van der Waals surface area contributed by atoms with E-state index < -0.39 is 20.3 Å². The first-order valence-corrected chi connectivity index (χ1v) is 10.3. The van der Waals surface area contributed by atoms with Crippen molar-refractivity contribution in [2.24, 2.45) is 0 Å². The van der Waals surface area contributed by atoms with Crippen molar-refractivity contribution in [2.75, 3.05) is 0 Å². The molecule has 0 aromatic heterocycles. The minimum Gasteiger partial charge on any atom is -0.475 e. The monoisotopic (exact) mass is 304 g/mol. The molecule has 11 heteroatoms. The molecule has 0 unspecified atom stereocenters. The molecule has 0 aromatic rings. The van der Waals surface area contributed by atoms with Crippen LogP contribution in [0.4, 0.5) is 0 Å². The molecule has 98 valence electrons. The Hall–Kier alpha value is 0.138. The van der Waals surface area contributed by atoms with Crippen molar-refractivity contribution < 1.29 is 33.0 Å². The molecule has 0 amide bonds. The van der Waals surface area contributed by atoms with E-state index >= 15 is 0 Å². The molecular weight excluding hydrogens is 284 g/mol. The minimum atomic E-state index is -2.01. The molecule has 0 aliphatic rings. The van der Waals surface area contributed by atoms with E-state index in [9.17, 15) is 4.79 Å². The van der Waals surface area contributed by atoms with Crippen LogP contribution in [-0.4, -0.2) is 61.6 Å². The van der Waals surface area contributed by atoms with Gasteiger partial charge in [-0.1, -0.05) is 0 Å². The Morgan fingerprint density at radius 3 is 1.56 bits per heavy atom. The third kappa shape index (κ3) is 9.37. The van der Waals surface area contributed by atoms with Crippen molar-refractivity contribution in [2.45, 2.75) is 25.6 Å². The lowest BCUT2D eigenvalue weighted by Gasteiger charge is -2.24. The molecule has 0 saturated carbocycles. The molecule has 0 aliphatic heterocycles. The predicted molar refractivity (Wildman–Crippen MR) is 70.1 cm³/mol. The second kappa shape index (κ2) is 8.26. The molecule has 0 heterocycles. The fourth-order valence-corrected chi connectivity index (χ4v) is 1.84. The van der Waals surface area contributed by atoms with Crippen LogP contribution in [0.3, 0.4) is 0 Å². The van der Waals surface area contributed by atoms with Gasteiger partial charge in [-0.2, -0.15) is 4.89 Å². The third-order valence-corrected chi connectivity index (χ3v) is 2.23. The molecule has 16 heavy (non-hydrogen) atoms. The Labute approximate surface area is 105 Å². The number of hydrogen-bond donors (Lipinski definition) is 2. The van der Waals surface area contributed by atoms with Gasteiger partial charge in [-0.15, -0.1) is 0 Å². The van der Waals surface area contributed by atoms with Gasteiger partial charge in [-0.3, -0.25) is 4.58 Å². The van der Waals surface area contributed by atoms with Gasteiger partial charge in [0.2, 0.25) is 0 Å². The number of carboxylic acid groups (broad SMARTS) is 1. The van der Waals surface area contributed by atoms with E-state index in [2.05, 4.69) is 18.3 Å². The lowest BCUT2D eigenvalue weighted by atomic mass is 10.6. The lowest BCUT2D eigenvalue weighted by molar-refractivity contribution is -0.409. The average Bonchev–Trinajstić information content (AvgIpc) is 2.11. The van der Waals surface area contributed by atoms with Crippen molar-refractivity contribution >= 4 is 45.7 Å². The summed E-state index contributed by atoms with van der Waals surface area (Å²) in [5, 5.41) is 8.56. The largest absolute Gasteiger partial charge is 0.475 e. The Kier molecular flexibility index (Phi) is 9.55. The second-order valence-corrected chi connectivity index (χ2v) is 9.18. The highest BCUT2D eigenvalue weighted by molar-refractivity contribution is 6.68. The first kappa shape index (κ1) is 18.5. The summed E-state index contributed by atoms with van der Waals surface area (Å²) in [5.74, 6) is -3.35. The Balaban J connectivity index is 0. The highest BCUT2D eigenvalue weighted by Crippen LogP contribution is 2.12. The molecule has 0 aromatic carbocycles. The first-order valence-electron chi connectivity index (χ1n) is 4.41. The summed E-state index contributed by atoms with van der Waals surface area (Å²) in [7, 11) is -0.962. The number of rotatable bonds is 5. The summed E-state index contributed by atoms with van der Waals surface area (Å²) < 4.78 is 13.5. The van der Waals surface area contributed by atoms with Crippen molar-refractivity contribution in [3.05, 3.63) is 0 Å². The molecule has 0 saturated heterocycles. The minimum absolute atomic E-state index is 0.195. The van der Waals surface area contributed by atoms with Crippen LogP contribution in [0.15, 0.2) is 0 Å². The van der Waals surface area contributed by atoms with Gasteiger partial charge < -0.3 is 18.8 Å². The second-order valence-electron chi connectivity index (χ2n) is 3.69. The van der Waals surface area contributed by atoms with Crippen LogP contribution < -0.4 is 0 Å². The van der Waals surface area contributed by atoms with Crippen LogP contribution in [-0.2, 0) is 23.1 Å².